The third-order valence-electron chi connectivity index (χ3n) is 1.21. The van der Waals surface area contributed by atoms with Crippen LogP contribution in [0.1, 0.15) is 17.3 Å². The van der Waals surface area contributed by atoms with E-state index in [1.165, 1.54) is 0 Å². The molecular formula is C7H6F2N2O2. The number of nitrogens with zero attached hydrogens (tertiary/aromatic N) is 2. The predicted octanol–water partition coefficient (Wildman–Crippen LogP) is 0.931. The molecule has 0 bridgehead atoms. The van der Waals surface area contributed by atoms with Gasteiger partial charge in [-0.05, 0) is 6.92 Å². The van der Waals surface area contributed by atoms with Crippen molar-refractivity contribution in [2.24, 2.45) is 0 Å². The summed E-state index contributed by atoms with van der Waals surface area (Å²) in [4.78, 5) is 10.9. The molecule has 4 nitrogen and oxygen atoms in total. The van der Waals surface area contributed by atoms with Gasteiger partial charge in [0.05, 0.1) is 6.61 Å². The van der Waals surface area contributed by atoms with Crippen molar-refractivity contribution in [3.8, 4) is 0 Å². The highest BCUT2D eigenvalue weighted by Gasteiger charge is 2.15. The van der Waals surface area contributed by atoms with E-state index in [1.807, 2.05) is 0 Å². The Kier molecular flexibility index (Phi) is 2.84. The Hall–Kier alpha value is -1.59. The number of esters is 1. The first-order chi connectivity index (χ1) is 6.15. The standard InChI is InChI=1S/C7H6F2N2O2/c1-2-13-7(12)4-3-5(8)10-11-6(4)9/h3H,2H2,1H3. The summed E-state index contributed by atoms with van der Waals surface area (Å²) in [5, 5.41) is 5.57. The molecule has 70 valence electrons. The number of hydrogen-bond donors (Lipinski definition) is 0. The topological polar surface area (TPSA) is 52.1 Å². The van der Waals surface area contributed by atoms with Crippen molar-refractivity contribution in [1.29, 1.82) is 0 Å². The lowest BCUT2D eigenvalue weighted by Crippen LogP contribution is -2.10. The van der Waals surface area contributed by atoms with Gasteiger partial charge in [0, 0.05) is 6.07 Å². The Labute approximate surface area is 72.5 Å². The molecule has 0 amide bonds. The van der Waals surface area contributed by atoms with Crippen molar-refractivity contribution in [1.82, 2.24) is 10.2 Å². The van der Waals surface area contributed by atoms with Crippen LogP contribution in [0, 0.1) is 11.9 Å². The fourth-order valence-corrected chi connectivity index (χ4v) is 0.705. The summed E-state index contributed by atoms with van der Waals surface area (Å²) in [7, 11) is 0. The molecule has 0 radical (unpaired) electrons. The second-order valence-electron chi connectivity index (χ2n) is 2.09. The van der Waals surface area contributed by atoms with E-state index in [0.29, 0.717) is 6.07 Å². The minimum Gasteiger partial charge on any atom is -0.462 e. The van der Waals surface area contributed by atoms with Crippen molar-refractivity contribution >= 4 is 5.97 Å². The maximum atomic E-state index is 12.7. The van der Waals surface area contributed by atoms with Gasteiger partial charge in [0.1, 0.15) is 5.56 Å². The SMILES string of the molecule is CCOC(=O)c1cc(F)nnc1F. The van der Waals surface area contributed by atoms with Gasteiger partial charge < -0.3 is 4.74 Å². The average Bonchev–Trinajstić information content (AvgIpc) is 2.09. The highest BCUT2D eigenvalue weighted by molar-refractivity contribution is 5.89. The van der Waals surface area contributed by atoms with Gasteiger partial charge in [0.15, 0.2) is 0 Å². The minimum absolute atomic E-state index is 0.0855. The molecular weight excluding hydrogens is 182 g/mol. The van der Waals surface area contributed by atoms with E-state index in [4.69, 9.17) is 0 Å². The van der Waals surface area contributed by atoms with Crippen molar-refractivity contribution in [2.75, 3.05) is 6.61 Å². The first kappa shape index (κ1) is 9.50. The van der Waals surface area contributed by atoms with Gasteiger partial charge in [0.25, 0.3) is 0 Å². The molecule has 0 aliphatic rings. The third kappa shape index (κ3) is 2.17. The third-order valence-corrected chi connectivity index (χ3v) is 1.21. The van der Waals surface area contributed by atoms with Crippen molar-refractivity contribution in [3.05, 3.63) is 23.5 Å². The van der Waals surface area contributed by atoms with E-state index in [0.717, 1.165) is 0 Å². The number of hydrogen-bond acceptors (Lipinski definition) is 4. The largest absolute Gasteiger partial charge is 0.462 e. The molecule has 0 atom stereocenters. The molecule has 13 heavy (non-hydrogen) atoms. The average molecular weight is 188 g/mol. The van der Waals surface area contributed by atoms with Crippen LogP contribution in [0.3, 0.4) is 0 Å². The van der Waals surface area contributed by atoms with Crippen LogP contribution >= 0.6 is 0 Å². The Morgan fingerprint density at radius 2 is 2.23 bits per heavy atom. The van der Waals surface area contributed by atoms with Crippen LogP contribution in [-0.4, -0.2) is 22.8 Å². The molecule has 1 heterocycles. The molecule has 0 N–H and O–H groups in total. The van der Waals surface area contributed by atoms with E-state index < -0.39 is 23.4 Å². The molecule has 1 aromatic heterocycles. The van der Waals surface area contributed by atoms with Gasteiger partial charge in [-0.2, -0.15) is 8.78 Å². The summed E-state index contributed by atoms with van der Waals surface area (Å²) in [6.45, 7) is 1.64. The molecule has 1 aromatic rings. The van der Waals surface area contributed by atoms with E-state index in [1.54, 1.807) is 6.92 Å². The summed E-state index contributed by atoms with van der Waals surface area (Å²) in [6, 6.07) is 0.639. The van der Waals surface area contributed by atoms with Crippen LogP contribution in [0.15, 0.2) is 6.07 Å². The van der Waals surface area contributed by atoms with Gasteiger partial charge in [-0.25, -0.2) is 4.79 Å². The summed E-state index contributed by atoms with van der Waals surface area (Å²) < 4.78 is 29.6. The van der Waals surface area contributed by atoms with E-state index in [9.17, 15) is 13.6 Å². The molecule has 0 saturated heterocycles. The van der Waals surface area contributed by atoms with Gasteiger partial charge in [-0.1, -0.05) is 0 Å². The van der Waals surface area contributed by atoms with Crippen molar-refractivity contribution in [2.45, 2.75) is 6.92 Å². The molecule has 0 saturated carbocycles. The Morgan fingerprint density at radius 1 is 1.54 bits per heavy atom. The molecule has 6 heteroatoms. The first-order valence-corrected chi connectivity index (χ1v) is 3.51. The number of halogens is 2. The van der Waals surface area contributed by atoms with Crippen LogP contribution in [0.25, 0.3) is 0 Å². The van der Waals surface area contributed by atoms with Gasteiger partial charge in [-0.15, -0.1) is 10.2 Å². The normalized spacial score (nSPS) is 9.77. The van der Waals surface area contributed by atoms with Crippen molar-refractivity contribution < 1.29 is 18.3 Å². The van der Waals surface area contributed by atoms with E-state index in [2.05, 4.69) is 14.9 Å². The second kappa shape index (κ2) is 3.88. The summed E-state index contributed by atoms with van der Waals surface area (Å²) >= 11 is 0. The number of aromatic nitrogens is 2. The molecule has 0 spiro atoms. The van der Waals surface area contributed by atoms with Crippen LogP contribution < -0.4 is 0 Å². The predicted molar refractivity (Wildman–Crippen MR) is 37.9 cm³/mol. The Balaban J connectivity index is 2.99. The molecule has 0 unspecified atom stereocenters. The fourth-order valence-electron chi connectivity index (χ4n) is 0.705. The molecule has 0 aliphatic heterocycles. The Morgan fingerprint density at radius 3 is 2.85 bits per heavy atom. The lowest BCUT2D eigenvalue weighted by atomic mass is 10.3. The van der Waals surface area contributed by atoms with Crippen molar-refractivity contribution in [3.63, 3.8) is 0 Å². The van der Waals surface area contributed by atoms with E-state index in [-0.39, 0.29) is 6.61 Å². The number of carbonyl (C=O) groups is 1. The number of rotatable bonds is 2. The molecule has 0 aromatic carbocycles. The summed E-state index contributed by atoms with van der Waals surface area (Å²) in [5.41, 5.74) is -0.547. The van der Waals surface area contributed by atoms with Gasteiger partial charge in [-0.3, -0.25) is 0 Å². The summed E-state index contributed by atoms with van der Waals surface area (Å²) in [6.07, 6.45) is 0. The minimum atomic E-state index is -1.14. The Bertz CT molecular complexity index is 330. The zero-order chi connectivity index (χ0) is 9.84. The number of carbonyl (C=O) groups excluding carboxylic acids is 1. The van der Waals surface area contributed by atoms with Crippen LogP contribution in [-0.2, 0) is 4.74 Å². The lowest BCUT2D eigenvalue weighted by Gasteiger charge is -2.00. The van der Waals surface area contributed by atoms with Crippen LogP contribution in [0.5, 0.6) is 0 Å². The monoisotopic (exact) mass is 188 g/mol. The second-order valence-corrected chi connectivity index (χ2v) is 2.09. The summed E-state index contributed by atoms with van der Waals surface area (Å²) in [5.74, 6) is -3.11. The fraction of sp³-hybridized carbons (Fsp3) is 0.286. The quantitative estimate of drug-likeness (QED) is 0.648. The molecule has 0 aliphatic carbocycles. The zero-order valence-corrected chi connectivity index (χ0v) is 6.75. The van der Waals surface area contributed by atoms with E-state index >= 15 is 0 Å². The highest BCUT2D eigenvalue weighted by atomic mass is 19.1. The molecule has 0 fully saturated rings. The first-order valence-electron chi connectivity index (χ1n) is 3.51. The van der Waals surface area contributed by atoms with Gasteiger partial charge in [0.2, 0.25) is 11.9 Å². The highest BCUT2D eigenvalue weighted by Crippen LogP contribution is 2.05. The van der Waals surface area contributed by atoms with Crippen LogP contribution in [0.4, 0.5) is 8.78 Å². The smallest absolute Gasteiger partial charge is 0.343 e. The maximum Gasteiger partial charge on any atom is 0.343 e. The number of ether oxygens (including phenoxy) is 1. The zero-order valence-electron chi connectivity index (χ0n) is 6.75. The van der Waals surface area contributed by atoms with Gasteiger partial charge >= 0.3 is 5.97 Å². The maximum absolute atomic E-state index is 12.7. The molecule has 1 rings (SSSR count). The van der Waals surface area contributed by atoms with Crippen LogP contribution in [0.2, 0.25) is 0 Å². The lowest BCUT2D eigenvalue weighted by molar-refractivity contribution is 0.0518.